The van der Waals surface area contributed by atoms with Gasteiger partial charge in [-0.1, -0.05) is 12.1 Å². The van der Waals surface area contributed by atoms with E-state index in [4.69, 9.17) is 9.15 Å². The first kappa shape index (κ1) is 14.4. The van der Waals surface area contributed by atoms with Crippen molar-refractivity contribution >= 4 is 22.8 Å². The molecule has 0 bridgehead atoms. The quantitative estimate of drug-likeness (QED) is 0.848. The van der Waals surface area contributed by atoms with Gasteiger partial charge in [0.05, 0.1) is 7.11 Å². The number of hydrogen-bond acceptors (Lipinski definition) is 4. The highest BCUT2D eigenvalue weighted by atomic mass is 16.5. The van der Waals surface area contributed by atoms with Crippen molar-refractivity contribution in [1.82, 2.24) is 9.80 Å². The Morgan fingerprint density at radius 3 is 2.45 bits per heavy atom. The van der Waals surface area contributed by atoms with Crippen molar-refractivity contribution in [3.05, 3.63) is 30.0 Å². The fourth-order valence-corrected chi connectivity index (χ4v) is 2.68. The molecule has 3 rings (SSSR count). The van der Waals surface area contributed by atoms with Gasteiger partial charge in [-0.05, 0) is 12.1 Å². The molecule has 2 heterocycles. The van der Waals surface area contributed by atoms with Crippen LogP contribution in [0.3, 0.4) is 0 Å². The lowest BCUT2D eigenvalue weighted by Gasteiger charge is -2.33. The zero-order valence-corrected chi connectivity index (χ0v) is 12.7. The van der Waals surface area contributed by atoms with Gasteiger partial charge in [0.1, 0.15) is 0 Å². The molecule has 1 aliphatic rings. The number of fused-ring (bicyclic) bond motifs is 1. The number of benzene rings is 1. The average Bonchev–Trinajstić information content (AvgIpc) is 2.98. The number of piperazine rings is 1. The summed E-state index contributed by atoms with van der Waals surface area (Å²) in [5.41, 5.74) is 0.579. The van der Waals surface area contributed by atoms with Gasteiger partial charge < -0.3 is 19.0 Å². The van der Waals surface area contributed by atoms with Crippen molar-refractivity contribution in [3.63, 3.8) is 0 Å². The molecule has 0 aliphatic carbocycles. The first-order chi connectivity index (χ1) is 10.6. The molecule has 2 amide bonds. The number of carbonyl (C=O) groups is 2. The lowest BCUT2D eigenvalue weighted by molar-refractivity contribution is -0.130. The number of carbonyl (C=O) groups excluding carboxylic acids is 2. The normalized spacial score (nSPS) is 15.2. The van der Waals surface area contributed by atoms with Crippen molar-refractivity contribution in [2.24, 2.45) is 0 Å². The van der Waals surface area contributed by atoms with Crippen molar-refractivity contribution in [2.45, 2.75) is 6.92 Å². The Bertz CT molecular complexity index is 714. The predicted molar refractivity (Wildman–Crippen MR) is 80.9 cm³/mol. The molecule has 22 heavy (non-hydrogen) atoms. The molecule has 0 unspecified atom stereocenters. The largest absolute Gasteiger partial charge is 0.493 e. The summed E-state index contributed by atoms with van der Waals surface area (Å²) in [6.45, 7) is 3.71. The van der Waals surface area contributed by atoms with Crippen LogP contribution in [-0.2, 0) is 4.79 Å². The van der Waals surface area contributed by atoms with Crippen LogP contribution in [0.2, 0.25) is 0 Å². The van der Waals surface area contributed by atoms with Crippen LogP contribution in [-0.4, -0.2) is 54.9 Å². The topological polar surface area (TPSA) is 63.0 Å². The Kier molecular flexibility index (Phi) is 3.75. The molecule has 1 saturated heterocycles. The molecule has 0 radical (unpaired) electrons. The summed E-state index contributed by atoms with van der Waals surface area (Å²) in [7, 11) is 1.57. The Morgan fingerprint density at radius 1 is 1.14 bits per heavy atom. The molecular formula is C16H18N2O4. The Labute approximate surface area is 128 Å². The molecule has 0 spiro atoms. The number of para-hydroxylation sites is 1. The van der Waals surface area contributed by atoms with Gasteiger partial charge in [0.2, 0.25) is 5.91 Å². The third-order valence-corrected chi connectivity index (χ3v) is 3.95. The van der Waals surface area contributed by atoms with Crippen LogP contribution in [0, 0.1) is 0 Å². The van der Waals surface area contributed by atoms with Gasteiger partial charge in [-0.2, -0.15) is 0 Å². The Balaban J connectivity index is 1.80. The van der Waals surface area contributed by atoms with Crippen LogP contribution in [0.1, 0.15) is 17.5 Å². The van der Waals surface area contributed by atoms with E-state index in [0.29, 0.717) is 43.3 Å². The highest BCUT2D eigenvalue weighted by Gasteiger charge is 2.25. The molecule has 6 heteroatoms. The fourth-order valence-electron chi connectivity index (χ4n) is 2.68. The molecule has 0 saturated carbocycles. The molecule has 6 nitrogen and oxygen atoms in total. The second-order valence-corrected chi connectivity index (χ2v) is 5.29. The van der Waals surface area contributed by atoms with Crippen molar-refractivity contribution in [2.75, 3.05) is 33.3 Å². The molecule has 1 aromatic carbocycles. The molecule has 1 fully saturated rings. The van der Waals surface area contributed by atoms with E-state index in [2.05, 4.69) is 0 Å². The van der Waals surface area contributed by atoms with E-state index in [1.807, 2.05) is 12.1 Å². The van der Waals surface area contributed by atoms with E-state index in [-0.39, 0.29) is 11.8 Å². The van der Waals surface area contributed by atoms with Crippen LogP contribution >= 0.6 is 0 Å². The maximum absolute atomic E-state index is 12.5. The van der Waals surface area contributed by atoms with E-state index < -0.39 is 0 Å². The van der Waals surface area contributed by atoms with E-state index in [1.54, 1.807) is 36.0 Å². The van der Waals surface area contributed by atoms with Gasteiger partial charge in [-0.3, -0.25) is 9.59 Å². The number of hydrogen-bond donors (Lipinski definition) is 0. The molecule has 0 N–H and O–H groups in total. The summed E-state index contributed by atoms with van der Waals surface area (Å²) in [4.78, 5) is 27.3. The van der Waals surface area contributed by atoms with Crippen molar-refractivity contribution < 1.29 is 18.7 Å². The third kappa shape index (κ3) is 2.52. The van der Waals surface area contributed by atoms with Crippen LogP contribution < -0.4 is 4.74 Å². The number of ether oxygens (including phenoxy) is 1. The standard InChI is InChI=1S/C16H18N2O4/c1-11(19)17-6-8-18(9-7-17)16(20)14-10-12-4-3-5-13(21-2)15(12)22-14/h3-5,10H,6-9H2,1-2H3. The highest BCUT2D eigenvalue weighted by Crippen LogP contribution is 2.29. The molecular weight excluding hydrogens is 284 g/mol. The maximum atomic E-state index is 12.5. The van der Waals surface area contributed by atoms with Crippen LogP contribution in [0.4, 0.5) is 0 Å². The summed E-state index contributed by atoms with van der Waals surface area (Å²) < 4.78 is 10.9. The molecule has 0 atom stereocenters. The maximum Gasteiger partial charge on any atom is 0.289 e. The molecule has 1 aromatic heterocycles. The summed E-state index contributed by atoms with van der Waals surface area (Å²) in [6, 6.07) is 7.27. The minimum Gasteiger partial charge on any atom is -0.493 e. The number of nitrogens with zero attached hydrogens (tertiary/aromatic N) is 2. The number of furan rings is 1. The predicted octanol–water partition coefficient (Wildman–Crippen LogP) is 1.75. The summed E-state index contributed by atoms with van der Waals surface area (Å²) in [5.74, 6) is 0.802. The Hall–Kier alpha value is -2.50. The number of rotatable bonds is 2. The smallest absolute Gasteiger partial charge is 0.289 e. The van der Waals surface area contributed by atoms with Gasteiger partial charge in [-0.15, -0.1) is 0 Å². The zero-order valence-electron chi connectivity index (χ0n) is 12.7. The lowest BCUT2D eigenvalue weighted by atomic mass is 10.2. The van der Waals surface area contributed by atoms with Gasteiger partial charge in [0.15, 0.2) is 17.1 Å². The van der Waals surface area contributed by atoms with E-state index in [9.17, 15) is 9.59 Å². The average molecular weight is 302 g/mol. The van der Waals surface area contributed by atoms with E-state index in [0.717, 1.165) is 5.39 Å². The van der Waals surface area contributed by atoms with Crippen LogP contribution in [0.25, 0.3) is 11.0 Å². The lowest BCUT2D eigenvalue weighted by Crippen LogP contribution is -2.50. The minimum absolute atomic E-state index is 0.0422. The molecule has 116 valence electrons. The van der Waals surface area contributed by atoms with Crippen molar-refractivity contribution in [3.8, 4) is 5.75 Å². The van der Waals surface area contributed by atoms with Crippen molar-refractivity contribution in [1.29, 1.82) is 0 Å². The molecule has 2 aromatic rings. The fraction of sp³-hybridized carbons (Fsp3) is 0.375. The number of methoxy groups -OCH3 is 1. The Morgan fingerprint density at radius 2 is 1.82 bits per heavy atom. The molecule has 1 aliphatic heterocycles. The van der Waals surface area contributed by atoms with Gasteiger partial charge in [0.25, 0.3) is 5.91 Å². The highest BCUT2D eigenvalue weighted by molar-refractivity contribution is 5.97. The second-order valence-electron chi connectivity index (χ2n) is 5.29. The first-order valence-corrected chi connectivity index (χ1v) is 7.21. The SMILES string of the molecule is COc1cccc2cc(C(=O)N3CCN(C(C)=O)CC3)oc12. The van der Waals surface area contributed by atoms with E-state index in [1.165, 1.54) is 0 Å². The van der Waals surface area contributed by atoms with Gasteiger partial charge in [-0.25, -0.2) is 0 Å². The van der Waals surface area contributed by atoms with Gasteiger partial charge in [0, 0.05) is 38.5 Å². The van der Waals surface area contributed by atoms with Crippen LogP contribution in [0.5, 0.6) is 5.75 Å². The first-order valence-electron chi connectivity index (χ1n) is 7.21. The minimum atomic E-state index is -0.151. The summed E-state index contributed by atoms with van der Waals surface area (Å²) in [6.07, 6.45) is 0. The number of amides is 2. The summed E-state index contributed by atoms with van der Waals surface area (Å²) >= 11 is 0. The van der Waals surface area contributed by atoms with Gasteiger partial charge >= 0.3 is 0 Å². The van der Waals surface area contributed by atoms with E-state index >= 15 is 0 Å². The third-order valence-electron chi connectivity index (χ3n) is 3.95. The second kappa shape index (κ2) is 5.71. The van der Waals surface area contributed by atoms with Crippen LogP contribution in [0.15, 0.2) is 28.7 Å². The monoisotopic (exact) mass is 302 g/mol. The zero-order chi connectivity index (χ0) is 15.7. The summed E-state index contributed by atoms with van der Waals surface area (Å²) in [5, 5.41) is 0.838.